The average Bonchev–Trinajstić information content (AvgIpc) is 3.55. The third-order valence-electron chi connectivity index (χ3n) is 7.71. The molecule has 0 aliphatic carbocycles. The van der Waals surface area contributed by atoms with Crippen molar-refractivity contribution in [2.24, 2.45) is 0 Å². The Bertz CT molecular complexity index is 1660. The number of likely N-dealkylation sites (N-methyl/N-ethyl adjacent to an activating group) is 1. The number of fused-ring (bicyclic) bond motifs is 1. The Kier molecular flexibility index (Phi) is 10.7. The molecule has 4 aromatic rings. The van der Waals surface area contributed by atoms with Gasteiger partial charge in [-0.15, -0.1) is 0 Å². The minimum Gasteiger partial charge on any atom is -0.490 e. The maximum atomic E-state index is 12.6. The topological polar surface area (TPSA) is 83.5 Å². The SMILES string of the molecule is CCC(=C(c1ccc(OCC(CN(C)CC)OC(C)=O)cc1)c1ccc(OC(=O)c2ccccc2)cc1)c1ccc2c(c1)OCO2. The number of esters is 2. The lowest BCUT2D eigenvalue weighted by Crippen LogP contribution is -2.36. The normalized spacial score (nSPS) is 13.2. The quantitative estimate of drug-likeness (QED) is 0.0876. The number of carbonyl (C=O) groups is 2. The molecule has 1 unspecified atom stereocenters. The van der Waals surface area contributed by atoms with Gasteiger partial charge in [0, 0.05) is 13.5 Å². The van der Waals surface area contributed by atoms with Crippen LogP contribution in [-0.2, 0) is 9.53 Å². The van der Waals surface area contributed by atoms with Crippen LogP contribution >= 0.6 is 0 Å². The summed E-state index contributed by atoms with van der Waals surface area (Å²) in [5.74, 6) is 1.82. The highest BCUT2D eigenvalue weighted by Gasteiger charge is 2.19. The van der Waals surface area contributed by atoms with E-state index < -0.39 is 5.97 Å². The number of carbonyl (C=O) groups excluding carboxylic acids is 2. The summed E-state index contributed by atoms with van der Waals surface area (Å²) in [5, 5.41) is 0. The van der Waals surface area contributed by atoms with E-state index in [2.05, 4.69) is 18.7 Å². The second-order valence-electron chi connectivity index (χ2n) is 11.0. The summed E-state index contributed by atoms with van der Waals surface area (Å²) in [6, 6.07) is 30.3. The van der Waals surface area contributed by atoms with Crippen LogP contribution in [0.1, 0.15) is 54.2 Å². The summed E-state index contributed by atoms with van der Waals surface area (Å²) < 4.78 is 28.4. The molecule has 1 aliphatic rings. The molecule has 0 fully saturated rings. The molecule has 0 saturated carbocycles. The van der Waals surface area contributed by atoms with E-state index in [4.69, 9.17) is 23.7 Å². The minimum atomic E-state index is -0.411. The highest BCUT2D eigenvalue weighted by atomic mass is 16.7. The predicted octanol–water partition coefficient (Wildman–Crippen LogP) is 7.27. The van der Waals surface area contributed by atoms with Gasteiger partial charge in [0.1, 0.15) is 24.2 Å². The number of rotatable bonds is 13. The molecule has 0 N–H and O–H groups in total. The fourth-order valence-electron chi connectivity index (χ4n) is 5.30. The predicted molar refractivity (Wildman–Crippen MR) is 177 cm³/mol. The fraction of sp³-hybridized carbons (Fsp3) is 0.263. The smallest absolute Gasteiger partial charge is 0.343 e. The van der Waals surface area contributed by atoms with Crippen molar-refractivity contribution in [2.45, 2.75) is 33.3 Å². The Labute approximate surface area is 270 Å². The van der Waals surface area contributed by atoms with Crippen molar-refractivity contribution >= 4 is 23.1 Å². The molecule has 1 atom stereocenters. The second-order valence-corrected chi connectivity index (χ2v) is 11.0. The molecule has 0 aromatic heterocycles. The molecule has 238 valence electrons. The first-order chi connectivity index (χ1) is 22.3. The van der Waals surface area contributed by atoms with Gasteiger partial charge in [0.05, 0.1) is 5.56 Å². The van der Waals surface area contributed by atoms with Crippen molar-refractivity contribution in [2.75, 3.05) is 33.5 Å². The Morgan fingerprint density at radius 3 is 2.04 bits per heavy atom. The molecule has 0 amide bonds. The van der Waals surface area contributed by atoms with Gasteiger partial charge in [-0.3, -0.25) is 4.79 Å². The fourth-order valence-corrected chi connectivity index (χ4v) is 5.30. The van der Waals surface area contributed by atoms with E-state index in [-0.39, 0.29) is 25.5 Å². The summed E-state index contributed by atoms with van der Waals surface area (Å²) in [5.41, 5.74) is 5.58. The van der Waals surface area contributed by atoms with E-state index in [0.29, 0.717) is 29.4 Å². The monoisotopic (exact) mass is 621 g/mol. The van der Waals surface area contributed by atoms with Crippen molar-refractivity contribution in [1.82, 2.24) is 4.90 Å². The molecule has 46 heavy (non-hydrogen) atoms. The van der Waals surface area contributed by atoms with Crippen LogP contribution in [0.3, 0.4) is 0 Å². The molecule has 0 radical (unpaired) electrons. The first-order valence-corrected chi connectivity index (χ1v) is 15.4. The third kappa shape index (κ3) is 8.14. The lowest BCUT2D eigenvalue weighted by atomic mass is 9.88. The molecule has 1 aliphatic heterocycles. The molecule has 0 saturated heterocycles. The summed E-state index contributed by atoms with van der Waals surface area (Å²) >= 11 is 0. The van der Waals surface area contributed by atoms with E-state index in [1.165, 1.54) is 6.92 Å². The van der Waals surface area contributed by atoms with Crippen molar-refractivity contribution < 1.29 is 33.3 Å². The van der Waals surface area contributed by atoms with Crippen LogP contribution in [0.25, 0.3) is 11.1 Å². The van der Waals surface area contributed by atoms with Crippen LogP contribution in [0.2, 0.25) is 0 Å². The van der Waals surface area contributed by atoms with Crippen LogP contribution in [0.5, 0.6) is 23.0 Å². The lowest BCUT2D eigenvalue weighted by molar-refractivity contribution is -0.148. The van der Waals surface area contributed by atoms with Gasteiger partial charge in [0.15, 0.2) is 11.5 Å². The lowest BCUT2D eigenvalue weighted by Gasteiger charge is -2.23. The number of hydrogen-bond donors (Lipinski definition) is 0. The van der Waals surface area contributed by atoms with Crippen LogP contribution in [0.4, 0.5) is 0 Å². The van der Waals surface area contributed by atoms with E-state index in [9.17, 15) is 9.59 Å². The van der Waals surface area contributed by atoms with E-state index >= 15 is 0 Å². The van der Waals surface area contributed by atoms with Gasteiger partial charge in [-0.05, 0) is 96.4 Å². The molecule has 0 spiro atoms. The van der Waals surface area contributed by atoms with Gasteiger partial charge in [-0.1, -0.05) is 62.4 Å². The number of benzene rings is 4. The highest BCUT2D eigenvalue weighted by molar-refractivity contribution is 5.99. The molecule has 8 nitrogen and oxygen atoms in total. The van der Waals surface area contributed by atoms with Crippen molar-refractivity contribution in [3.63, 3.8) is 0 Å². The number of allylic oxidation sites excluding steroid dienone is 1. The largest absolute Gasteiger partial charge is 0.490 e. The van der Waals surface area contributed by atoms with Crippen molar-refractivity contribution in [3.8, 4) is 23.0 Å². The molecule has 1 heterocycles. The second kappa shape index (κ2) is 15.3. The summed E-state index contributed by atoms with van der Waals surface area (Å²) in [6.45, 7) is 7.44. The van der Waals surface area contributed by atoms with Crippen LogP contribution in [0, 0.1) is 0 Å². The average molecular weight is 622 g/mol. The Morgan fingerprint density at radius 1 is 0.783 bits per heavy atom. The summed E-state index contributed by atoms with van der Waals surface area (Å²) in [7, 11) is 1.98. The van der Waals surface area contributed by atoms with Crippen LogP contribution < -0.4 is 18.9 Å². The Balaban J connectivity index is 1.44. The van der Waals surface area contributed by atoms with Gasteiger partial charge in [0.25, 0.3) is 0 Å². The zero-order valence-electron chi connectivity index (χ0n) is 26.7. The minimum absolute atomic E-state index is 0.203. The number of ether oxygens (including phenoxy) is 5. The summed E-state index contributed by atoms with van der Waals surface area (Å²) in [4.78, 5) is 26.4. The van der Waals surface area contributed by atoms with Gasteiger partial charge >= 0.3 is 11.9 Å². The van der Waals surface area contributed by atoms with Gasteiger partial charge in [-0.2, -0.15) is 0 Å². The molecular formula is C38H39NO7. The standard InChI is InChI=1S/C38H39NO7/c1-5-34(30-16-21-35-36(22-30)44-25-43-35)37(28-14-19-32(20-15-28)46-38(41)29-10-8-7-9-11-29)27-12-17-31(18-13-27)42-24-33(45-26(3)40)23-39(4)6-2/h7-22,33H,5-6,23-25H2,1-4H3. The number of nitrogens with zero attached hydrogens (tertiary/aromatic N) is 1. The van der Waals surface area contributed by atoms with Crippen LogP contribution in [0.15, 0.2) is 97.1 Å². The maximum absolute atomic E-state index is 12.6. The third-order valence-corrected chi connectivity index (χ3v) is 7.71. The van der Waals surface area contributed by atoms with Crippen molar-refractivity contribution in [3.05, 3.63) is 119 Å². The Morgan fingerprint density at radius 2 is 1.41 bits per heavy atom. The van der Waals surface area contributed by atoms with Gasteiger partial charge < -0.3 is 28.6 Å². The maximum Gasteiger partial charge on any atom is 0.343 e. The number of hydrogen-bond acceptors (Lipinski definition) is 8. The van der Waals surface area contributed by atoms with E-state index in [0.717, 1.165) is 46.6 Å². The van der Waals surface area contributed by atoms with Crippen molar-refractivity contribution in [1.29, 1.82) is 0 Å². The summed E-state index contributed by atoms with van der Waals surface area (Å²) in [6.07, 6.45) is 0.359. The molecule has 5 rings (SSSR count). The van der Waals surface area contributed by atoms with E-state index in [1.54, 1.807) is 24.3 Å². The van der Waals surface area contributed by atoms with E-state index in [1.807, 2.05) is 79.8 Å². The zero-order valence-corrected chi connectivity index (χ0v) is 26.7. The molecule has 8 heteroatoms. The first-order valence-electron chi connectivity index (χ1n) is 15.4. The Hall–Kier alpha value is -5.08. The molecular weight excluding hydrogens is 582 g/mol. The van der Waals surface area contributed by atoms with Gasteiger partial charge in [0.2, 0.25) is 6.79 Å². The molecule has 0 bridgehead atoms. The van der Waals surface area contributed by atoms with Gasteiger partial charge in [-0.25, -0.2) is 4.79 Å². The first kappa shape index (κ1) is 32.3. The molecule has 4 aromatic carbocycles. The zero-order chi connectivity index (χ0) is 32.5. The highest BCUT2D eigenvalue weighted by Crippen LogP contribution is 2.40. The van der Waals surface area contributed by atoms with Crippen LogP contribution in [-0.4, -0.2) is 56.5 Å².